The zero-order valence-electron chi connectivity index (χ0n) is 17.5. The van der Waals surface area contributed by atoms with Gasteiger partial charge in [-0.25, -0.2) is 0 Å². The molecule has 3 aliphatic heterocycles. The van der Waals surface area contributed by atoms with E-state index >= 15 is 0 Å². The molecule has 0 spiro atoms. The van der Waals surface area contributed by atoms with Gasteiger partial charge in [-0.15, -0.1) is 11.8 Å². The Balaban J connectivity index is 1.67. The van der Waals surface area contributed by atoms with Gasteiger partial charge in [-0.05, 0) is 34.9 Å². The van der Waals surface area contributed by atoms with E-state index in [4.69, 9.17) is 16.3 Å². The second kappa shape index (κ2) is 7.83. The standard InChI is InChI=1S/C24H20ClN3O4S/c25-15-6-5-14-13-33-19-4-2-1-3-16(19)21(17(14)11-15)28-20-12-32-10-9-26(20)24(31)22-23(30)18(29)7-8-27(22)28/h1-8,11,20-21,30H,9-10,12-13H2/t20-,21-/m1/s1. The van der Waals surface area contributed by atoms with E-state index in [1.54, 1.807) is 27.5 Å². The van der Waals surface area contributed by atoms with Crippen LogP contribution in [0, 0.1) is 0 Å². The number of fused-ring (bicyclic) bond motifs is 4. The number of amides is 1. The molecule has 0 radical (unpaired) electrons. The van der Waals surface area contributed by atoms with Crippen molar-refractivity contribution in [3.05, 3.63) is 92.4 Å². The summed E-state index contributed by atoms with van der Waals surface area (Å²) in [6.07, 6.45) is 1.14. The van der Waals surface area contributed by atoms with Crippen LogP contribution in [0.1, 0.15) is 33.2 Å². The van der Waals surface area contributed by atoms with Crippen molar-refractivity contribution in [3.8, 4) is 5.75 Å². The number of halogens is 1. The number of carbonyl (C=O) groups is 1. The number of aromatic hydroxyl groups is 1. The molecule has 1 N–H and O–H groups in total. The summed E-state index contributed by atoms with van der Waals surface area (Å²) in [5.74, 6) is -0.141. The van der Waals surface area contributed by atoms with Crippen molar-refractivity contribution < 1.29 is 14.6 Å². The van der Waals surface area contributed by atoms with Crippen LogP contribution in [0.2, 0.25) is 5.02 Å². The monoisotopic (exact) mass is 481 g/mol. The Hall–Kier alpha value is -2.94. The summed E-state index contributed by atoms with van der Waals surface area (Å²) >= 11 is 8.22. The fourth-order valence-corrected chi connectivity index (χ4v) is 6.20. The third kappa shape index (κ3) is 3.16. The molecule has 0 bridgehead atoms. The Morgan fingerprint density at radius 2 is 1.94 bits per heavy atom. The molecule has 1 aromatic heterocycles. The lowest BCUT2D eigenvalue weighted by Crippen LogP contribution is -2.66. The SMILES string of the molecule is O=C1c2c(O)c(=O)ccn2N([C@H]2c3cc(Cl)ccc3CSc3ccccc32)[C@@H]2COCCN12. The molecule has 6 rings (SSSR count). The van der Waals surface area contributed by atoms with E-state index in [2.05, 4.69) is 12.1 Å². The molecule has 4 heterocycles. The van der Waals surface area contributed by atoms with Gasteiger partial charge in [0.05, 0.1) is 19.3 Å². The number of benzene rings is 2. The van der Waals surface area contributed by atoms with E-state index in [0.29, 0.717) is 24.8 Å². The largest absolute Gasteiger partial charge is 0.502 e. The number of carbonyl (C=O) groups excluding carboxylic acids is 1. The van der Waals surface area contributed by atoms with Gasteiger partial charge in [0.25, 0.3) is 5.91 Å². The van der Waals surface area contributed by atoms with Crippen LogP contribution in [0.25, 0.3) is 0 Å². The van der Waals surface area contributed by atoms with Gasteiger partial charge >= 0.3 is 0 Å². The van der Waals surface area contributed by atoms with E-state index in [9.17, 15) is 14.7 Å². The average molecular weight is 482 g/mol. The Bertz CT molecular complexity index is 1340. The summed E-state index contributed by atoms with van der Waals surface area (Å²) in [5, 5.41) is 13.3. The van der Waals surface area contributed by atoms with Crippen LogP contribution >= 0.6 is 23.4 Å². The molecule has 0 aliphatic carbocycles. The minimum Gasteiger partial charge on any atom is -0.502 e. The lowest BCUT2D eigenvalue weighted by Gasteiger charge is -2.51. The van der Waals surface area contributed by atoms with Crippen molar-refractivity contribution in [2.75, 3.05) is 24.8 Å². The molecular weight excluding hydrogens is 462 g/mol. The van der Waals surface area contributed by atoms with Crippen LogP contribution in [0.5, 0.6) is 5.75 Å². The van der Waals surface area contributed by atoms with Crippen LogP contribution in [0.3, 0.4) is 0 Å². The van der Waals surface area contributed by atoms with E-state index in [0.717, 1.165) is 27.3 Å². The Labute approximate surface area is 199 Å². The molecule has 7 nitrogen and oxygen atoms in total. The fraction of sp³-hybridized carbons (Fsp3) is 0.250. The Morgan fingerprint density at radius 1 is 1.09 bits per heavy atom. The summed E-state index contributed by atoms with van der Waals surface area (Å²) < 4.78 is 7.43. The molecule has 2 atom stereocenters. The highest BCUT2D eigenvalue weighted by Gasteiger charge is 2.45. The quantitative estimate of drug-likeness (QED) is 0.574. The minimum absolute atomic E-state index is 0.0291. The molecule has 0 saturated carbocycles. The predicted molar refractivity (Wildman–Crippen MR) is 126 cm³/mol. The molecule has 3 aromatic rings. The number of rotatable bonds is 1. The number of hydrogen-bond donors (Lipinski definition) is 1. The second-order valence-corrected chi connectivity index (χ2v) is 9.68. The molecule has 1 amide bonds. The second-order valence-electron chi connectivity index (χ2n) is 8.23. The summed E-state index contributed by atoms with van der Waals surface area (Å²) in [6.45, 7) is 1.07. The topological polar surface area (TPSA) is 75.0 Å². The average Bonchev–Trinajstić information content (AvgIpc) is 2.98. The highest BCUT2D eigenvalue weighted by atomic mass is 35.5. The van der Waals surface area contributed by atoms with Crippen LogP contribution < -0.4 is 10.4 Å². The zero-order valence-corrected chi connectivity index (χ0v) is 19.1. The number of hydrogen-bond acceptors (Lipinski definition) is 6. The molecule has 1 fully saturated rings. The highest BCUT2D eigenvalue weighted by molar-refractivity contribution is 7.98. The van der Waals surface area contributed by atoms with Gasteiger partial charge in [0.2, 0.25) is 5.43 Å². The summed E-state index contributed by atoms with van der Waals surface area (Å²) in [7, 11) is 0. The van der Waals surface area contributed by atoms with Gasteiger partial charge in [0, 0.05) is 34.5 Å². The van der Waals surface area contributed by atoms with Crippen molar-refractivity contribution >= 4 is 29.3 Å². The fourth-order valence-electron chi connectivity index (χ4n) is 4.93. The van der Waals surface area contributed by atoms with Crippen LogP contribution in [0.4, 0.5) is 0 Å². The molecule has 0 unspecified atom stereocenters. The van der Waals surface area contributed by atoms with Crippen LogP contribution in [0.15, 0.2) is 64.4 Å². The first-order valence-corrected chi connectivity index (χ1v) is 12.0. The zero-order chi connectivity index (χ0) is 22.7. The number of morpholine rings is 1. The van der Waals surface area contributed by atoms with E-state index in [1.165, 1.54) is 6.07 Å². The van der Waals surface area contributed by atoms with Crippen molar-refractivity contribution in [2.45, 2.75) is 22.9 Å². The maximum Gasteiger partial charge on any atom is 0.278 e. The molecule has 2 aromatic carbocycles. The molecule has 3 aliphatic rings. The summed E-state index contributed by atoms with van der Waals surface area (Å²) in [4.78, 5) is 28.5. The number of nitrogens with zero attached hydrogens (tertiary/aromatic N) is 3. The summed E-state index contributed by atoms with van der Waals surface area (Å²) in [6, 6.07) is 15.0. The van der Waals surface area contributed by atoms with E-state index in [1.807, 2.05) is 35.3 Å². The maximum absolute atomic E-state index is 13.4. The maximum atomic E-state index is 13.4. The van der Waals surface area contributed by atoms with Gasteiger partial charge < -0.3 is 14.7 Å². The van der Waals surface area contributed by atoms with E-state index < -0.39 is 17.3 Å². The number of pyridine rings is 1. The first kappa shape index (κ1) is 20.7. The number of aromatic nitrogens is 1. The smallest absolute Gasteiger partial charge is 0.278 e. The van der Waals surface area contributed by atoms with Crippen LogP contribution in [-0.2, 0) is 10.5 Å². The van der Waals surface area contributed by atoms with Crippen molar-refractivity contribution in [3.63, 3.8) is 0 Å². The molecule has 9 heteroatoms. The third-order valence-corrected chi connectivity index (χ3v) is 7.81. The normalized spacial score (nSPS) is 21.5. The van der Waals surface area contributed by atoms with Crippen molar-refractivity contribution in [1.82, 2.24) is 9.58 Å². The Kier molecular flexibility index (Phi) is 4.90. The van der Waals surface area contributed by atoms with Gasteiger partial charge in [-0.3, -0.25) is 19.3 Å². The lowest BCUT2D eigenvalue weighted by atomic mass is 9.93. The molecular formula is C24H20ClN3O4S. The molecule has 1 saturated heterocycles. The van der Waals surface area contributed by atoms with Crippen molar-refractivity contribution in [2.24, 2.45) is 0 Å². The first-order valence-electron chi connectivity index (χ1n) is 10.7. The van der Waals surface area contributed by atoms with Gasteiger partial charge in [0.1, 0.15) is 6.17 Å². The molecule has 168 valence electrons. The predicted octanol–water partition coefficient (Wildman–Crippen LogP) is 3.35. The number of thioether (sulfide) groups is 1. The number of ether oxygens (including phenoxy) is 1. The first-order chi connectivity index (χ1) is 16.0. The Morgan fingerprint density at radius 3 is 2.82 bits per heavy atom. The lowest BCUT2D eigenvalue weighted by molar-refractivity contribution is -0.0197. The summed E-state index contributed by atoms with van der Waals surface area (Å²) in [5.41, 5.74) is 2.61. The van der Waals surface area contributed by atoms with Gasteiger partial charge in [-0.2, -0.15) is 0 Å². The highest BCUT2D eigenvalue weighted by Crippen LogP contribution is 2.44. The third-order valence-electron chi connectivity index (χ3n) is 6.44. The minimum atomic E-state index is -0.582. The molecule has 33 heavy (non-hydrogen) atoms. The van der Waals surface area contributed by atoms with Crippen LogP contribution in [-0.4, -0.2) is 46.5 Å². The van der Waals surface area contributed by atoms with Crippen molar-refractivity contribution in [1.29, 1.82) is 0 Å². The van der Waals surface area contributed by atoms with Gasteiger partial charge in [0.15, 0.2) is 11.4 Å². The van der Waals surface area contributed by atoms with Gasteiger partial charge in [-0.1, -0.05) is 35.9 Å². The van der Waals surface area contributed by atoms with E-state index in [-0.39, 0.29) is 17.6 Å².